The lowest BCUT2D eigenvalue weighted by Crippen LogP contribution is -2.25. The van der Waals surface area contributed by atoms with Crippen LogP contribution in [0.2, 0.25) is 0 Å². The van der Waals surface area contributed by atoms with Gasteiger partial charge in [0.1, 0.15) is 5.75 Å². The van der Waals surface area contributed by atoms with Crippen LogP contribution >= 0.6 is 0 Å². The lowest BCUT2D eigenvalue weighted by Gasteiger charge is -2.14. The molecule has 1 unspecified atom stereocenters. The van der Waals surface area contributed by atoms with Crippen molar-refractivity contribution in [2.45, 2.75) is 20.0 Å². The maximum Gasteiger partial charge on any atom is 0.253 e. The minimum atomic E-state index is -1.32. The summed E-state index contributed by atoms with van der Waals surface area (Å²) in [5, 5.41) is 12.4. The molecule has 0 aliphatic rings. The molecule has 2 N–H and O–H groups in total. The summed E-state index contributed by atoms with van der Waals surface area (Å²) >= 11 is 0. The first-order valence-corrected chi connectivity index (χ1v) is 6.62. The van der Waals surface area contributed by atoms with Crippen molar-refractivity contribution in [3.63, 3.8) is 0 Å². The predicted octanol–water partition coefficient (Wildman–Crippen LogP) is 2.27. The molecule has 1 aromatic carbocycles. The van der Waals surface area contributed by atoms with Crippen molar-refractivity contribution >= 4 is 5.91 Å². The van der Waals surface area contributed by atoms with Crippen LogP contribution in [0.5, 0.6) is 11.6 Å². The van der Waals surface area contributed by atoms with E-state index in [9.17, 15) is 9.90 Å². The summed E-state index contributed by atoms with van der Waals surface area (Å²) in [5.74, 6) is 0.337. The Hall–Kier alpha value is -2.40. The van der Waals surface area contributed by atoms with E-state index in [1.165, 1.54) is 7.05 Å². The number of carbonyl (C=O) groups excluding carboxylic acids is 1. The molecule has 5 heteroatoms. The third-order valence-electron chi connectivity index (χ3n) is 3.00. The van der Waals surface area contributed by atoms with Gasteiger partial charge < -0.3 is 15.2 Å². The van der Waals surface area contributed by atoms with Crippen molar-refractivity contribution in [1.82, 2.24) is 10.3 Å². The van der Waals surface area contributed by atoms with Crippen molar-refractivity contribution in [3.8, 4) is 11.6 Å². The quantitative estimate of drug-likeness (QED) is 0.904. The fraction of sp³-hybridized carbons (Fsp3) is 0.250. The standard InChI is InChI=1S/C16H18N2O3/c1-10-7-11(2)9-12(8-10)21-16-13(5-4-6-18-16)14(19)15(20)17-3/h4-9,14,19H,1-3H3,(H,17,20). The molecule has 1 amide bonds. The van der Waals surface area contributed by atoms with Crippen LogP contribution in [0.3, 0.4) is 0 Å². The van der Waals surface area contributed by atoms with E-state index < -0.39 is 12.0 Å². The minimum absolute atomic E-state index is 0.221. The van der Waals surface area contributed by atoms with E-state index in [-0.39, 0.29) is 5.88 Å². The number of hydrogen-bond acceptors (Lipinski definition) is 4. The summed E-state index contributed by atoms with van der Waals surface area (Å²) in [6, 6.07) is 9.04. The van der Waals surface area contributed by atoms with E-state index in [1.807, 2.05) is 32.0 Å². The maximum atomic E-state index is 11.6. The molecule has 0 spiro atoms. The first-order chi connectivity index (χ1) is 10.0. The van der Waals surface area contributed by atoms with Crippen molar-refractivity contribution in [2.24, 2.45) is 0 Å². The second-order valence-corrected chi connectivity index (χ2v) is 4.84. The monoisotopic (exact) mass is 286 g/mol. The van der Waals surface area contributed by atoms with Crippen molar-refractivity contribution in [2.75, 3.05) is 7.05 Å². The molecular formula is C16H18N2O3. The summed E-state index contributed by atoms with van der Waals surface area (Å²) in [6.45, 7) is 3.94. The number of aromatic nitrogens is 1. The topological polar surface area (TPSA) is 71.5 Å². The van der Waals surface area contributed by atoms with Gasteiger partial charge in [0.15, 0.2) is 6.10 Å². The second-order valence-electron chi connectivity index (χ2n) is 4.84. The van der Waals surface area contributed by atoms with E-state index in [0.29, 0.717) is 11.3 Å². The van der Waals surface area contributed by atoms with E-state index in [2.05, 4.69) is 10.3 Å². The highest BCUT2D eigenvalue weighted by Gasteiger charge is 2.21. The van der Waals surface area contributed by atoms with Crippen LogP contribution < -0.4 is 10.1 Å². The Labute approximate surface area is 123 Å². The molecule has 0 aliphatic heterocycles. The zero-order valence-corrected chi connectivity index (χ0v) is 12.3. The normalized spacial score (nSPS) is 11.8. The largest absolute Gasteiger partial charge is 0.439 e. The van der Waals surface area contributed by atoms with Crippen LogP contribution in [0.25, 0.3) is 0 Å². The van der Waals surface area contributed by atoms with Crippen molar-refractivity contribution in [3.05, 3.63) is 53.2 Å². The number of likely N-dealkylation sites (N-methyl/N-ethyl adjacent to an activating group) is 1. The smallest absolute Gasteiger partial charge is 0.253 e. The Kier molecular flexibility index (Phi) is 4.55. The minimum Gasteiger partial charge on any atom is -0.439 e. The van der Waals surface area contributed by atoms with E-state index in [0.717, 1.165) is 11.1 Å². The van der Waals surface area contributed by atoms with Gasteiger partial charge in [-0.25, -0.2) is 4.98 Å². The number of hydrogen-bond donors (Lipinski definition) is 2. The molecule has 21 heavy (non-hydrogen) atoms. The summed E-state index contributed by atoms with van der Waals surface area (Å²) in [7, 11) is 1.46. The molecule has 0 radical (unpaired) electrons. The third-order valence-corrected chi connectivity index (χ3v) is 3.00. The predicted molar refractivity (Wildman–Crippen MR) is 79.3 cm³/mol. The molecule has 0 bridgehead atoms. The fourth-order valence-electron chi connectivity index (χ4n) is 2.08. The number of benzene rings is 1. The number of amides is 1. The second kappa shape index (κ2) is 6.37. The number of carbonyl (C=O) groups is 1. The Morgan fingerprint density at radius 1 is 1.29 bits per heavy atom. The summed E-state index contributed by atoms with van der Waals surface area (Å²) < 4.78 is 5.74. The molecule has 1 aromatic heterocycles. The Morgan fingerprint density at radius 3 is 2.57 bits per heavy atom. The first kappa shape index (κ1) is 15.0. The number of aryl methyl sites for hydroxylation is 2. The van der Waals surface area contributed by atoms with Gasteiger partial charge in [-0.2, -0.15) is 0 Å². The molecule has 2 aromatic rings. The lowest BCUT2D eigenvalue weighted by atomic mass is 10.1. The molecule has 0 aliphatic carbocycles. The summed E-state index contributed by atoms with van der Waals surface area (Å²) in [6.07, 6.45) is 0.238. The first-order valence-electron chi connectivity index (χ1n) is 6.62. The van der Waals surface area contributed by atoms with Crippen LogP contribution in [0.1, 0.15) is 22.8 Å². The Balaban J connectivity index is 2.34. The number of rotatable bonds is 4. The zero-order chi connectivity index (χ0) is 15.4. The van der Waals surface area contributed by atoms with Gasteiger partial charge in [0.2, 0.25) is 5.88 Å². The van der Waals surface area contributed by atoms with Gasteiger partial charge in [0.25, 0.3) is 5.91 Å². The van der Waals surface area contributed by atoms with Crippen LogP contribution in [0.15, 0.2) is 36.5 Å². The molecular weight excluding hydrogens is 268 g/mol. The fourth-order valence-corrected chi connectivity index (χ4v) is 2.08. The van der Waals surface area contributed by atoms with Gasteiger partial charge in [-0.3, -0.25) is 4.79 Å². The molecule has 1 atom stereocenters. The zero-order valence-electron chi connectivity index (χ0n) is 12.3. The molecule has 1 heterocycles. The molecule has 0 saturated carbocycles. The van der Waals surface area contributed by atoms with Crippen molar-refractivity contribution < 1.29 is 14.6 Å². The van der Waals surface area contributed by atoms with Crippen LogP contribution in [-0.2, 0) is 4.79 Å². The van der Waals surface area contributed by atoms with Crippen LogP contribution in [0.4, 0.5) is 0 Å². The van der Waals surface area contributed by atoms with Gasteiger partial charge >= 0.3 is 0 Å². The van der Waals surface area contributed by atoms with E-state index >= 15 is 0 Å². The molecule has 110 valence electrons. The highest BCUT2D eigenvalue weighted by molar-refractivity contribution is 5.82. The highest BCUT2D eigenvalue weighted by Crippen LogP contribution is 2.28. The van der Waals surface area contributed by atoms with Gasteiger partial charge in [0, 0.05) is 13.2 Å². The molecule has 0 fully saturated rings. The van der Waals surface area contributed by atoms with Gasteiger partial charge in [-0.1, -0.05) is 6.07 Å². The Morgan fingerprint density at radius 2 is 1.95 bits per heavy atom. The molecule has 5 nitrogen and oxygen atoms in total. The average molecular weight is 286 g/mol. The SMILES string of the molecule is CNC(=O)C(O)c1cccnc1Oc1cc(C)cc(C)c1. The van der Waals surface area contributed by atoms with Gasteiger partial charge in [-0.05, 0) is 49.2 Å². The number of pyridine rings is 1. The number of aliphatic hydroxyl groups is 1. The number of nitrogens with one attached hydrogen (secondary N) is 1. The van der Waals surface area contributed by atoms with Crippen LogP contribution in [0, 0.1) is 13.8 Å². The number of ether oxygens (including phenoxy) is 1. The van der Waals surface area contributed by atoms with Gasteiger partial charge in [-0.15, -0.1) is 0 Å². The van der Waals surface area contributed by atoms with E-state index in [4.69, 9.17) is 4.74 Å². The number of aliphatic hydroxyl groups excluding tert-OH is 1. The van der Waals surface area contributed by atoms with Gasteiger partial charge in [0.05, 0.1) is 5.56 Å². The van der Waals surface area contributed by atoms with E-state index in [1.54, 1.807) is 18.3 Å². The van der Waals surface area contributed by atoms with Crippen molar-refractivity contribution in [1.29, 1.82) is 0 Å². The Bertz CT molecular complexity index is 635. The third kappa shape index (κ3) is 3.58. The maximum absolute atomic E-state index is 11.6. The summed E-state index contributed by atoms with van der Waals surface area (Å²) in [4.78, 5) is 15.7. The molecule has 0 saturated heterocycles. The highest BCUT2D eigenvalue weighted by atomic mass is 16.5. The van der Waals surface area contributed by atoms with Crippen LogP contribution in [-0.4, -0.2) is 23.0 Å². The lowest BCUT2D eigenvalue weighted by molar-refractivity contribution is -0.129. The number of nitrogens with zero attached hydrogens (tertiary/aromatic N) is 1. The average Bonchev–Trinajstić information content (AvgIpc) is 2.45. The summed E-state index contributed by atoms with van der Waals surface area (Å²) in [5.41, 5.74) is 2.46. The molecule has 2 rings (SSSR count).